The van der Waals surface area contributed by atoms with Gasteiger partial charge in [0.15, 0.2) is 0 Å². The first kappa shape index (κ1) is 33.3. The number of halogens is 1. The summed E-state index contributed by atoms with van der Waals surface area (Å²) < 4.78 is 40.5. The molecular formula is C33H40BrN3O6S. The number of methoxy groups -OCH3 is 2. The van der Waals surface area contributed by atoms with Gasteiger partial charge in [-0.15, -0.1) is 0 Å². The van der Waals surface area contributed by atoms with E-state index in [1.807, 2.05) is 26.0 Å². The predicted molar refractivity (Wildman–Crippen MR) is 174 cm³/mol. The Morgan fingerprint density at radius 2 is 1.64 bits per heavy atom. The Kier molecular flexibility index (Phi) is 11.3. The van der Waals surface area contributed by atoms with Crippen molar-refractivity contribution in [1.29, 1.82) is 0 Å². The van der Waals surface area contributed by atoms with Crippen molar-refractivity contribution in [2.24, 2.45) is 0 Å². The minimum atomic E-state index is -4.21. The molecule has 0 heterocycles. The first-order chi connectivity index (χ1) is 21.1. The van der Waals surface area contributed by atoms with Gasteiger partial charge < -0.3 is 19.7 Å². The second kappa shape index (κ2) is 14.9. The molecule has 1 atom stereocenters. The van der Waals surface area contributed by atoms with Gasteiger partial charge in [-0.3, -0.25) is 13.9 Å². The number of benzene rings is 3. The van der Waals surface area contributed by atoms with Gasteiger partial charge in [-0.1, -0.05) is 49.6 Å². The Bertz CT molecular complexity index is 1540. The smallest absolute Gasteiger partial charge is 0.264 e. The highest BCUT2D eigenvalue weighted by Gasteiger charge is 2.34. The molecule has 4 rings (SSSR count). The fourth-order valence-electron chi connectivity index (χ4n) is 5.39. The van der Waals surface area contributed by atoms with Gasteiger partial charge in [-0.2, -0.15) is 0 Å². The van der Waals surface area contributed by atoms with Crippen LogP contribution in [-0.2, 0) is 26.2 Å². The summed E-state index contributed by atoms with van der Waals surface area (Å²) in [5.74, 6) is 0.419. The summed E-state index contributed by atoms with van der Waals surface area (Å²) in [7, 11) is -1.14. The van der Waals surface area contributed by atoms with E-state index in [2.05, 4.69) is 21.2 Å². The average Bonchev–Trinajstić information content (AvgIpc) is 3.53. The molecule has 3 aromatic rings. The van der Waals surface area contributed by atoms with Crippen molar-refractivity contribution in [2.75, 3.05) is 25.1 Å². The first-order valence-electron chi connectivity index (χ1n) is 14.7. The molecule has 3 aromatic carbocycles. The highest BCUT2D eigenvalue weighted by molar-refractivity contribution is 9.10. The lowest BCUT2D eigenvalue weighted by Gasteiger charge is -2.34. The third-order valence-corrected chi connectivity index (χ3v) is 10.3. The van der Waals surface area contributed by atoms with Crippen molar-refractivity contribution in [1.82, 2.24) is 10.2 Å². The zero-order valence-corrected chi connectivity index (χ0v) is 28.0. The van der Waals surface area contributed by atoms with Crippen LogP contribution >= 0.6 is 15.9 Å². The van der Waals surface area contributed by atoms with Crippen LogP contribution in [-0.4, -0.2) is 58.0 Å². The van der Waals surface area contributed by atoms with Crippen molar-refractivity contribution < 1.29 is 27.5 Å². The Balaban J connectivity index is 1.72. The van der Waals surface area contributed by atoms with Gasteiger partial charge >= 0.3 is 0 Å². The van der Waals surface area contributed by atoms with Crippen LogP contribution in [0, 0.1) is 6.92 Å². The monoisotopic (exact) mass is 685 g/mol. The van der Waals surface area contributed by atoms with Gasteiger partial charge in [0.25, 0.3) is 10.0 Å². The number of hydrogen-bond acceptors (Lipinski definition) is 6. The van der Waals surface area contributed by atoms with E-state index in [0.29, 0.717) is 28.1 Å². The number of hydrogen-bond donors (Lipinski definition) is 1. The van der Waals surface area contributed by atoms with Crippen LogP contribution in [0.1, 0.15) is 50.2 Å². The third-order valence-electron chi connectivity index (χ3n) is 7.91. The van der Waals surface area contributed by atoms with Crippen LogP contribution in [0.3, 0.4) is 0 Å². The van der Waals surface area contributed by atoms with Crippen LogP contribution in [0.2, 0.25) is 0 Å². The van der Waals surface area contributed by atoms with E-state index in [-0.39, 0.29) is 23.4 Å². The minimum Gasteiger partial charge on any atom is -0.497 e. The number of aryl methyl sites for hydroxylation is 1. The number of anilines is 1. The standard InChI is InChI=1S/C33H40BrN3O6S/c1-5-30(33(39)35-25-8-6-7-9-25)36(21-24-12-16-27(42-3)17-13-24)32(38)22-37(26-14-10-23(2)11-15-26)44(40,41)28-18-19-31(43-4)29(34)20-28/h10-20,25,30H,5-9,21-22H2,1-4H3,(H,35,39)/t30-/m0/s1. The molecule has 9 nitrogen and oxygen atoms in total. The van der Waals surface area contributed by atoms with E-state index >= 15 is 0 Å². The minimum absolute atomic E-state index is 0.00808. The van der Waals surface area contributed by atoms with Gasteiger partial charge in [-0.25, -0.2) is 8.42 Å². The summed E-state index contributed by atoms with van der Waals surface area (Å²) in [4.78, 5) is 29.4. The van der Waals surface area contributed by atoms with E-state index in [1.165, 1.54) is 24.1 Å². The molecular weight excluding hydrogens is 646 g/mol. The van der Waals surface area contributed by atoms with E-state index in [4.69, 9.17) is 9.47 Å². The highest BCUT2D eigenvalue weighted by atomic mass is 79.9. The number of nitrogens with one attached hydrogen (secondary N) is 1. The lowest BCUT2D eigenvalue weighted by Crippen LogP contribution is -2.53. The van der Waals surface area contributed by atoms with Gasteiger partial charge in [0.05, 0.1) is 29.3 Å². The largest absolute Gasteiger partial charge is 0.497 e. The third kappa shape index (κ3) is 7.92. The van der Waals surface area contributed by atoms with E-state index in [9.17, 15) is 18.0 Å². The molecule has 0 saturated heterocycles. The highest BCUT2D eigenvalue weighted by Crippen LogP contribution is 2.31. The zero-order valence-electron chi connectivity index (χ0n) is 25.6. The molecule has 1 aliphatic rings. The fourth-order valence-corrected chi connectivity index (χ4v) is 7.52. The zero-order chi connectivity index (χ0) is 31.9. The SMILES string of the molecule is CC[C@@H](C(=O)NC1CCCC1)N(Cc1ccc(OC)cc1)C(=O)CN(c1ccc(C)cc1)S(=O)(=O)c1ccc(OC)c(Br)c1. The van der Waals surface area contributed by atoms with Gasteiger partial charge in [0, 0.05) is 12.6 Å². The molecule has 0 aromatic heterocycles. The van der Waals surface area contributed by atoms with Crippen molar-refractivity contribution in [3.05, 3.63) is 82.3 Å². The summed E-state index contributed by atoms with van der Waals surface area (Å²) in [6.45, 7) is 3.38. The average molecular weight is 687 g/mol. The molecule has 11 heteroatoms. The Hall–Kier alpha value is -3.57. The normalized spacial score (nSPS) is 14.1. The number of sulfonamides is 1. The molecule has 0 unspecified atom stereocenters. The number of rotatable bonds is 13. The first-order valence-corrected chi connectivity index (χ1v) is 17.0. The number of carbonyl (C=O) groups excluding carboxylic acids is 2. The predicted octanol–water partition coefficient (Wildman–Crippen LogP) is 5.84. The summed E-state index contributed by atoms with van der Waals surface area (Å²) in [5.41, 5.74) is 2.07. The molecule has 0 bridgehead atoms. The molecule has 1 N–H and O–H groups in total. The van der Waals surface area contributed by atoms with Crippen molar-refractivity contribution in [3.8, 4) is 11.5 Å². The second-order valence-corrected chi connectivity index (χ2v) is 13.6. The van der Waals surface area contributed by atoms with Crippen LogP contribution in [0.15, 0.2) is 76.1 Å². The van der Waals surface area contributed by atoms with Gasteiger partial charge in [0.1, 0.15) is 24.1 Å². The van der Waals surface area contributed by atoms with Crippen LogP contribution in [0.5, 0.6) is 11.5 Å². The van der Waals surface area contributed by atoms with Gasteiger partial charge in [0.2, 0.25) is 11.8 Å². The molecule has 1 aliphatic carbocycles. The molecule has 44 heavy (non-hydrogen) atoms. The molecule has 1 saturated carbocycles. The number of ether oxygens (including phenoxy) is 2. The number of amides is 2. The number of carbonyl (C=O) groups is 2. The summed E-state index contributed by atoms with van der Waals surface area (Å²) in [6, 6.07) is 18.0. The Labute approximate surface area is 268 Å². The van der Waals surface area contributed by atoms with E-state index < -0.39 is 28.5 Å². The quantitative estimate of drug-likeness (QED) is 0.243. The lowest BCUT2D eigenvalue weighted by molar-refractivity contribution is -0.140. The molecule has 0 aliphatic heterocycles. The topological polar surface area (TPSA) is 105 Å². The lowest BCUT2D eigenvalue weighted by atomic mass is 10.1. The van der Waals surface area contributed by atoms with Crippen molar-refractivity contribution in [3.63, 3.8) is 0 Å². The Morgan fingerprint density at radius 1 is 0.977 bits per heavy atom. The van der Waals surface area contributed by atoms with Crippen LogP contribution < -0.4 is 19.1 Å². The molecule has 2 amide bonds. The Morgan fingerprint density at radius 3 is 2.20 bits per heavy atom. The second-order valence-electron chi connectivity index (χ2n) is 10.9. The summed E-state index contributed by atoms with van der Waals surface area (Å²) in [5, 5.41) is 3.13. The molecule has 236 valence electrons. The van der Waals surface area contributed by atoms with E-state index in [1.54, 1.807) is 49.6 Å². The van der Waals surface area contributed by atoms with Crippen LogP contribution in [0.4, 0.5) is 5.69 Å². The maximum Gasteiger partial charge on any atom is 0.264 e. The van der Waals surface area contributed by atoms with E-state index in [0.717, 1.165) is 41.1 Å². The maximum atomic E-state index is 14.3. The summed E-state index contributed by atoms with van der Waals surface area (Å²) >= 11 is 3.38. The number of nitrogens with zero attached hydrogens (tertiary/aromatic N) is 2. The van der Waals surface area contributed by atoms with Crippen molar-refractivity contribution >= 4 is 43.5 Å². The molecule has 1 fully saturated rings. The molecule has 0 radical (unpaired) electrons. The maximum absolute atomic E-state index is 14.3. The molecule has 0 spiro atoms. The fraction of sp³-hybridized carbons (Fsp3) is 0.394. The van der Waals surface area contributed by atoms with Gasteiger partial charge in [-0.05, 0) is 90.1 Å². The van der Waals surface area contributed by atoms with Crippen molar-refractivity contribution in [2.45, 2.75) is 69.5 Å². The van der Waals surface area contributed by atoms with Crippen LogP contribution in [0.25, 0.3) is 0 Å². The summed E-state index contributed by atoms with van der Waals surface area (Å²) in [6.07, 6.45) is 4.29.